The monoisotopic (exact) mass is 1050 g/mol. The van der Waals surface area contributed by atoms with Gasteiger partial charge in [0.25, 0.3) is 11.7 Å². The Balaban J connectivity index is 1.65. The molecule has 0 radical (unpaired) electrons. The third kappa shape index (κ3) is 18.3. The van der Waals surface area contributed by atoms with Crippen LogP contribution in [0.2, 0.25) is 0 Å². The van der Waals surface area contributed by atoms with Crippen LogP contribution in [0.4, 0.5) is 0 Å². The van der Waals surface area contributed by atoms with Crippen molar-refractivity contribution in [3.8, 4) is 0 Å². The van der Waals surface area contributed by atoms with Crippen LogP contribution in [0.5, 0.6) is 0 Å². The minimum atomic E-state index is -2.46. The van der Waals surface area contributed by atoms with Crippen molar-refractivity contribution < 1.29 is 67.4 Å². The average molecular weight is 1050 g/mol. The summed E-state index contributed by atoms with van der Waals surface area (Å²) in [6.07, 6.45) is 12.9. The Labute approximate surface area is 445 Å². The van der Waals surface area contributed by atoms with Gasteiger partial charge in [-0.2, -0.15) is 0 Å². The van der Waals surface area contributed by atoms with Gasteiger partial charge in [0.2, 0.25) is 5.79 Å². The van der Waals surface area contributed by atoms with E-state index >= 15 is 0 Å². The number of rotatable bonds is 13. The SMILES string of the molecule is CO[C@H]1C[C@@H]2CC[C@@H](C)[C@@](O)(O2)C(=O)C(=O)N2CCCC[C@H]2C(=O)O[C@H]([C@H](C)C[C@H]2CC[C@@H](OC(=O)CCCCCN=[N+]=[N-])[C@H](OC)C2)CC(=O)[C@H](C)/C=C(\C)[C@@H](O)[C@@H](OC)C(=O)[C@H](C)C[C@H](C)/C=C/C=C/C=C/1C. The van der Waals surface area contributed by atoms with Crippen molar-refractivity contribution in [1.29, 1.82) is 0 Å². The number of esters is 2. The number of fused-ring (bicyclic) bond motifs is 3. The molecular weight excluding hydrogens is 965 g/mol. The lowest BCUT2D eigenvalue weighted by Crippen LogP contribution is -2.61. The van der Waals surface area contributed by atoms with E-state index in [2.05, 4.69) is 10.0 Å². The normalized spacial score (nSPS) is 36.3. The van der Waals surface area contributed by atoms with Crippen molar-refractivity contribution in [3.63, 3.8) is 0 Å². The third-order valence-electron chi connectivity index (χ3n) is 15.9. The zero-order valence-corrected chi connectivity index (χ0v) is 46.4. The Kier molecular flexibility index (Phi) is 26.0. The van der Waals surface area contributed by atoms with E-state index < -0.39 is 95.9 Å². The van der Waals surface area contributed by atoms with Gasteiger partial charge in [-0.15, -0.1) is 0 Å². The molecule has 1 amide bonds. The molecular formula is C57H88N4O14. The van der Waals surface area contributed by atoms with Crippen LogP contribution < -0.4 is 0 Å². The maximum absolute atomic E-state index is 14.6. The van der Waals surface area contributed by atoms with E-state index in [0.29, 0.717) is 89.2 Å². The number of Topliss-reactive ketones (excluding diaryl/α,β-unsaturated/α-hetero) is 3. The number of ether oxygens (including phenoxy) is 6. The van der Waals surface area contributed by atoms with Crippen LogP contribution in [0.25, 0.3) is 10.4 Å². The highest BCUT2D eigenvalue weighted by molar-refractivity contribution is 6.39. The zero-order valence-electron chi connectivity index (χ0n) is 46.4. The van der Waals surface area contributed by atoms with Crippen LogP contribution >= 0.6 is 0 Å². The molecule has 75 heavy (non-hydrogen) atoms. The van der Waals surface area contributed by atoms with E-state index in [1.54, 1.807) is 48.0 Å². The number of hydrogen-bond donors (Lipinski definition) is 2. The Morgan fingerprint density at radius 3 is 2.33 bits per heavy atom. The van der Waals surface area contributed by atoms with Gasteiger partial charge in [0.15, 0.2) is 5.78 Å². The number of azide groups is 1. The molecule has 2 saturated heterocycles. The summed E-state index contributed by atoms with van der Waals surface area (Å²) in [6.45, 7) is 13.0. The summed E-state index contributed by atoms with van der Waals surface area (Å²) in [5.41, 5.74) is 9.73. The second kappa shape index (κ2) is 31.0. The van der Waals surface area contributed by atoms with Gasteiger partial charge < -0.3 is 43.5 Å². The molecule has 2 bridgehead atoms. The topological polar surface area (TPSA) is 250 Å². The number of cyclic esters (lactones) is 1. The highest BCUT2D eigenvalue weighted by Gasteiger charge is 2.53. The van der Waals surface area contributed by atoms with Gasteiger partial charge in [0.05, 0.1) is 18.3 Å². The molecule has 1 saturated carbocycles. The number of aliphatic hydroxyl groups excluding tert-OH is 1. The van der Waals surface area contributed by atoms with Gasteiger partial charge in [0, 0.05) is 76.3 Å². The number of nitrogens with zero attached hydrogens (tertiary/aromatic N) is 4. The second-order valence-corrected chi connectivity index (χ2v) is 21.8. The summed E-state index contributed by atoms with van der Waals surface area (Å²) >= 11 is 0. The number of piperidine rings is 1. The lowest BCUT2D eigenvalue weighted by Gasteiger charge is -2.42. The van der Waals surface area contributed by atoms with Gasteiger partial charge >= 0.3 is 11.9 Å². The number of hydrogen-bond acceptors (Lipinski definition) is 15. The number of ketones is 3. The number of amides is 1. The van der Waals surface area contributed by atoms with Gasteiger partial charge in [-0.3, -0.25) is 24.0 Å². The molecule has 4 rings (SSSR count). The average Bonchev–Trinajstić information content (AvgIpc) is 3.39. The minimum absolute atomic E-state index is 0.000255. The van der Waals surface area contributed by atoms with Crippen molar-refractivity contribution in [3.05, 3.63) is 58.0 Å². The molecule has 18 heteroatoms. The summed E-state index contributed by atoms with van der Waals surface area (Å²) in [6, 6.07) is -1.18. The molecule has 4 aliphatic rings. The molecule has 2 N–H and O–H groups in total. The van der Waals surface area contributed by atoms with Gasteiger partial charge in [0.1, 0.15) is 36.2 Å². The quantitative estimate of drug-likeness (QED) is 0.0333. The van der Waals surface area contributed by atoms with E-state index in [9.17, 15) is 39.0 Å². The Hall–Kier alpha value is -4.55. The second-order valence-electron chi connectivity index (χ2n) is 21.8. The van der Waals surface area contributed by atoms with Gasteiger partial charge in [-0.05, 0) is 125 Å². The fourth-order valence-corrected chi connectivity index (χ4v) is 11.1. The van der Waals surface area contributed by atoms with Crippen LogP contribution in [0.1, 0.15) is 151 Å². The molecule has 0 spiro atoms. The molecule has 0 aromatic rings. The summed E-state index contributed by atoms with van der Waals surface area (Å²) in [4.78, 5) is 88.1. The summed E-state index contributed by atoms with van der Waals surface area (Å²) in [5.74, 6) is -8.68. The van der Waals surface area contributed by atoms with Gasteiger partial charge in [-0.1, -0.05) is 82.6 Å². The standard InChI is InChI=1S/C57H88N4O14/c1-35-19-13-11-14-20-36(2)47(70-8)33-43-25-23-41(7)57(69,75-43)54(66)55(67)61-28-18-16-21-44(61)56(68)74-48(34-45(62)37(3)30-40(6)52(65)53(72-10)51(64)39(5)29-35)38(4)31-42-24-26-46(49(32-42)71-9)73-50(63)22-15-12-17-27-59-60-58/h11,13-14,19-20,30,35,37-39,41-44,46-49,52-53,65,69H,12,15-18,21-29,31-34H2,1-10H3/b14-11+,19-13+,36-20+,40-30+/t35-,37-,38-,39-,41-,42-,43+,44+,46-,47+,48+,49-,52-,53+,57-/m1/s1. The molecule has 0 aromatic heterocycles. The van der Waals surface area contributed by atoms with E-state index in [0.717, 1.165) is 12.0 Å². The van der Waals surface area contributed by atoms with Crippen molar-refractivity contribution >= 4 is 35.2 Å². The van der Waals surface area contributed by atoms with Gasteiger partial charge in [-0.25, -0.2) is 4.79 Å². The van der Waals surface area contributed by atoms with E-state index in [1.165, 1.54) is 12.0 Å². The maximum Gasteiger partial charge on any atom is 0.329 e. The third-order valence-corrected chi connectivity index (χ3v) is 15.9. The fourth-order valence-electron chi connectivity index (χ4n) is 11.1. The molecule has 420 valence electrons. The van der Waals surface area contributed by atoms with Crippen LogP contribution in [-0.2, 0) is 57.2 Å². The van der Waals surface area contributed by atoms with Crippen molar-refractivity contribution in [2.45, 2.75) is 206 Å². The molecule has 1 aliphatic carbocycles. The molecule has 3 heterocycles. The highest BCUT2D eigenvalue weighted by atomic mass is 16.6. The first-order chi connectivity index (χ1) is 35.7. The largest absolute Gasteiger partial charge is 0.460 e. The number of methoxy groups -OCH3 is 3. The lowest BCUT2D eigenvalue weighted by atomic mass is 9.78. The van der Waals surface area contributed by atoms with Crippen LogP contribution in [0, 0.1) is 35.5 Å². The number of aliphatic hydroxyl groups is 2. The van der Waals surface area contributed by atoms with E-state index in [-0.39, 0.29) is 55.2 Å². The predicted octanol–water partition coefficient (Wildman–Crippen LogP) is 8.60. The van der Waals surface area contributed by atoms with Crippen molar-refractivity contribution in [2.24, 2.45) is 40.6 Å². The summed E-state index contributed by atoms with van der Waals surface area (Å²) in [7, 11) is 4.51. The first-order valence-corrected chi connectivity index (χ1v) is 27.4. The van der Waals surface area contributed by atoms with Crippen LogP contribution in [-0.4, -0.2) is 139 Å². The number of allylic oxidation sites excluding steroid dienone is 6. The predicted molar refractivity (Wildman–Crippen MR) is 281 cm³/mol. The van der Waals surface area contributed by atoms with E-state index in [4.69, 9.17) is 34.0 Å². The maximum atomic E-state index is 14.6. The highest BCUT2D eigenvalue weighted by Crippen LogP contribution is 2.38. The fraction of sp³-hybridized carbons (Fsp3) is 0.754. The number of unbranched alkanes of at least 4 members (excludes halogenated alkanes) is 2. The molecule has 15 atom stereocenters. The Bertz CT molecular complexity index is 2100. The van der Waals surface area contributed by atoms with Crippen molar-refractivity contribution in [1.82, 2.24) is 4.90 Å². The molecule has 3 aliphatic heterocycles. The number of carbonyl (C=O) groups excluding carboxylic acids is 6. The Morgan fingerprint density at radius 1 is 0.893 bits per heavy atom. The Morgan fingerprint density at radius 2 is 1.64 bits per heavy atom. The lowest BCUT2D eigenvalue weighted by molar-refractivity contribution is -0.265. The molecule has 0 aromatic carbocycles. The first kappa shape index (κ1) is 63.0. The zero-order chi connectivity index (χ0) is 55.4. The van der Waals surface area contributed by atoms with Crippen molar-refractivity contribution in [2.75, 3.05) is 34.4 Å². The summed E-state index contributed by atoms with van der Waals surface area (Å²) < 4.78 is 35.7. The number of carbonyl (C=O) groups is 6. The molecule has 18 nitrogen and oxygen atoms in total. The minimum Gasteiger partial charge on any atom is -0.460 e. The van der Waals surface area contributed by atoms with Crippen LogP contribution in [0.15, 0.2) is 52.7 Å². The molecule has 0 unspecified atom stereocenters. The first-order valence-electron chi connectivity index (χ1n) is 27.4. The summed E-state index contributed by atoms with van der Waals surface area (Å²) in [5, 5.41) is 27.1. The van der Waals surface area contributed by atoms with E-state index in [1.807, 2.05) is 51.2 Å². The van der Waals surface area contributed by atoms with Crippen LogP contribution in [0.3, 0.4) is 0 Å². The smallest absolute Gasteiger partial charge is 0.329 e. The molecule has 3 fully saturated rings.